The molecule has 0 radical (unpaired) electrons. The smallest absolute Gasteiger partial charge is 0.261 e. The summed E-state index contributed by atoms with van der Waals surface area (Å²) in [4.78, 5) is 31.3. The van der Waals surface area contributed by atoms with Gasteiger partial charge in [-0.1, -0.05) is 67.4 Å². The molecule has 7 rings (SSSR count). The van der Waals surface area contributed by atoms with Crippen LogP contribution in [0.15, 0.2) is 85.2 Å². The lowest BCUT2D eigenvalue weighted by Crippen LogP contribution is -2.30. The van der Waals surface area contributed by atoms with Crippen molar-refractivity contribution in [2.24, 2.45) is 0 Å². The summed E-state index contributed by atoms with van der Waals surface area (Å²) >= 11 is 6.73. The number of pyridine rings is 1. The van der Waals surface area contributed by atoms with Gasteiger partial charge in [0.2, 0.25) is 0 Å². The minimum Gasteiger partial charge on any atom is -0.490 e. The summed E-state index contributed by atoms with van der Waals surface area (Å²) in [5.74, 6) is 0.907. The Hall–Kier alpha value is -4.00. The summed E-state index contributed by atoms with van der Waals surface area (Å²) in [7, 11) is 0. The maximum absolute atomic E-state index is 12.7. The van der Waals surface area contributed by atoms with E-state index in [2.05, 4.69) is 53.6 Å². The van der Waals surface area contributed by atoms with Gasteiger partial charge in [0.05, 0.1) is 17.2 Å². The summed E-state index contributed by atoms with van der Waals surface area (Å²) in [6.07, 6.45) is 11.2. The van der Waals surface area contributed by atoms with Gasteiger partial charge in [-0.05, 0) is 97.0 Å². The lowest BCUT2D eigenvalue weighted by molar-refractivity contribution is 0.0651. The highest BCUT2D eigenvalue weighted by Crippen LogP contribution is 2.50. The number of imide groups is 1. The second-order valence-corrected chi connectivity index (χ2v) is 13.1. The van der Waals surface area contributed by atoms with E-state index in [0.717, 1.165) is 66.8 Å². The molecule has 0 spiro atoms. The van der Waals surface area contributed by atoms with Crippen LogP contribution in [0.5, 0.6) is 5.75 Å². The fourth-order valence-corrected chi connectivity index (χ4v) is 6.65. The van der Waals surface area contributed by atoms with Crippen molar-refractivity contribution < 1.29 is 14.3 Å². The zero-order valence-corrected chi connectivity index (χ0v) is 26.4. The molecule has 3 aromatic carbocycles. The average molecular weight is 620 g/mol. The molecule has 7 heteroatoms. The Balaban J connectivity index is 0.984. The number of hydrogen-bond donors (Lipinski definition) is 1. The molecule has 2 heterocycles. The highest BCUT2D eigenvalue weighted by atomic mass is 35.5. The molecular weight excluding hydrogens is 582 g/mol. The van der Waals surface area contributed by atoms with Crippen molar-refractivity contribution in [1.82, 2.24) is 15.2 Å². The first-order valence-corrected chi connectivity index (χ1v) is 16.5. The molecule has 0 unspecified atom stereocenters. The first kappa shape index (κ1) is 29.7. The molecule has 2 amide bonds. The monoisotopic (exact) mass is 619 g/mol. The number of carbonyl (C=O) groups excluding carboxylic acids is 2. The quantitative estimate of drug-likeness (QED) is 0.120. The number of unbranched alkanes of at least 4 members (excludes halogenated alkanes) is 1. The van der Waals surface area contributed by atoms with E-state index in [1.165, 1.54) is 21.6 Å². The van der Waals surface area contributed by atoms with Crippen LogP contribution in [0.25, 0.3) is 11.1 Å². The van der Waals surface area contributed by atoms with Crippen LogP contribution in [0.3, 0.4) is 0 Å². The SMILES string of the molecule is C[C@H](CCCCN1C(=O)c2ccccc2C1=O)c1ccc(Cl)c(CNC2(c3cnccc3-c3ccccc3OC3CC3)CC2)c1. The Labute approximate surface area is 269 Å². The van der Waals surface area contributed by atoms with Crippen LogP contribution in [0.4, 0.5) is 0 Å². The van der Waals surface area contributed by atoms with Gasteiger partial charge in [-0.3, -0.25) is 19.5 Å². The standard InChI is InChI=1S/C38H38ClN3O3/c1-25(8-6-7-21-42-36(43)31-10-2-3-11-32(31)37(42)44)26-13-16-34(39)27(22-26)23-41-38(18-19-38)33-24-40-20-17-29(33)30-9-4-5-12-35(30)45-28-14-15-28/h2-5,9-13,16-17,20,22,24-25,28,41H,6-8,14-15,18-19,21,23H2,1H3/t25-/m1/s1. The van der Waals surface area contributed by atoms with E-state index in [4.69, 9.17) is 16.3 Å². The number of carbonyl (C=O) groups is 2. The molecule has 1 atom stereocenters. The molecule has 0 bridgehead atoms. The van der Waals surface area contributed by atoms with E-state index in [1.54, 1.807) is 24.3 Å². The number of para-hydroxylation sites is 1. The van der Waals surface area contributed by atoms with Crippen LogP contribution in [0, 0.1) is 0 Å². The van der Waals surface area contributed by atoms with E-state index in [9.17, 15) is 9.59 Å². The largest absolute Gasteiger partial charge is 0.490 e. The zero-order valence-electron chi connectivity index (χ0n) is 25.6. The molecule has 1 aromatic heterocycles. The van der Waals surface area contributed by atoms with Gasteiger partial charge < -0.3 is 10.1 Å². The number of fused-ring (bicyclic) bond motifs is 1. The van der Waals surface area contributed by atoms with Gasteiger partial charge in [-0.25, -0.2) is 0 Å². The second-order valence-electron chi connectivity index (χ2n) is 12.7. The van der Waals surface area contributed by atoms with Crippen molar-refractivity contribution in [2.75, 3.05) is 6.54 Å². The minimum atomic E-state index is -0.180. The fourth-order valence-electron chi connectivity index (χ4n) is 6.46. The van der Waals surface area contributed by atoms with Gasteiger partial charge in [-0.15, -0.1) is 0 Å². The number of benzene rings is 3. The van der Waals surface area contributed by atoms with Crippen molar-refractivity contribution >= 4 is 23.4 Å². The van der Waals surface area contributed by atoms with E-state index in [-0.39, 0.29) is 17.4 Å². The summed E-state index contributed by atoms with van der Waals surface area (Å²) in [5, 5.41) is 4.62. The molecule has 6 nitrogen and oxygen atoms in total. The van der Waals surface area contributed by atoms with Crippen LogP contribution in [0.1, 0.15) is 95.2 Å². The summed E-state index contributed by atoms with van der Waals surface area (Å²) in [6.45, 7) is 3.34. The molecule has 4 aromatic rings. The number of aromatic nitrogens is 1. The van der Waals surface area contributed by atoms with Crippen molar-refractivity contribution in [2.45, 2.75) is 76.0 Å². The third-order valence-electron chi connectivity index (χ3n) is 9.48. The fraction of sp³-hybridized carbons (Fsp3) is 0.342. The van der Waals surface area contributed by atoms with E-state index in [0.29, 0.717) is 36.2 Å². The van der Waals surface area contributed by atoms with Gasteiger partial charge in [0, 0.05) is 41.6 Å². The van der Waals surface area contributed by atoms with Crippen molar-refractivity contribution in [1.29, 1.82) is 0 Å². The van der Waals surface area contributed by atoms with Crippen molar-refractivity contribution in [3.05, 3.63) is 118 Å². The topological polar surface area (TPSA) is 71.5 Å². The average Bonchev–Trinajstić information content (AvgIpc) is 4.01. The predicted molar refractivity (Wildman–Crippen MR) is 177 cm³/mol. The van der Waals surface area contributed by atoms with Crippen LogP contribution in [0.2, 0.25) is 5.02 Å². The Kier molecular flexibility index (Phi) is 8.19. The lowest BCUT2D eigenvalue weighted by Gasteiger charge is -2.23. The highest BCUT2D eigenvalue weighted by Gasteiger charge is 2.46. The Morgan fingerprint density at radius 2 is 1.64 bits per heavy atom. The zero-order chi connectivity index (χ0) is 31.0. The predicted octanol–water partition coefficient (Wildman–Crippen LogP) is 8.29. The van der Waals surface area contributed by atoms with Crippen LogP contribution in [-0.2, 0) is 12.1 Å². The third kappa shape index (κ3) is 6.14. The molecular formula is C38H38ClN3O3. The number of ether oxygens (including phenoxy) is 1. The first-order chi connectivity index (χ1) is 21.9. The van der Waals surface area contributed by atoms with E-state index < -0.39 is 0 Å². The van der Waals surface area contributed by atoms with E-state index in [1.807, 2.05) is 24.5 Å². The molecule has 1 N–H and O–H groups in total. The van der Waals surface area contributed by atoms with Crippen LogP contribution >= 0.6 is 11.6 Å². The highest BCUT2D eigenvalue weighted by molar-refractivity contribution is 6.31. The maximum atomic E-state index is 12.7. The molecule has 45 heavy (non-hydrogen) atoms. The van der Waals surface area contributed by atoms with Gasteiger partial charge in [0.15, 0.2) is 0 Å². The minimum absolute atomic E-state index is 0.147. The van der Waals surface area contributed by atoms with Crippen molar-refractivity contribution in [3.63, 3.8) is 0 Å². The molecule has 2 aliphatic carbocycles. The Morgan fingerprint density at radius 3 is 2.36 bits per heavy atom. The van der Waals surface area contributed by atoms with Crippen LogP contribution in [-0.4, -0.2) is 34.3 Å². The van der Waals surface area contributed by atoms with Gasteiger partial charge >= 0.3 is 0 Å². The van der Waals surface area contributed by atoms with Gasteiger partial charge in [-0.2, -0.15) is 0 Å². The molecule has 2 saturated carbocycles. The summed E-state index contributed by atoms with van der Waals surface area (Å²) in [5.41, 5.74) is 6.70. The van der Waals surface area contributed by atoms with Gasteiger partial charge in [0.1, 0.15) is 5.75 Å². The number of nitrogens with zero attached hydrogens (tertiary/aromatic N) is 2. The van der Waals surface area contributed by atoms with E-state index >= 15 is 0 Å². The molecule has 3 aliphatic rings. The molecule has 2 fully saturated rings. The number of amides is 2. The Bertz CT molecular complexity index is 1710. The third-order valence-corrected chi connectivity index (χ3v) is 9.85. The lowest BCUT2D eigenvalue weighted by atomic mass is 9.93. The van der Waals surface area contributed by atoms with Crippen molar-refractivity contribution in [3.8, 4) is 16.9 Å². The molecule has 230 valence electrons. The Morgan fingerprint density at radius 1 is 0.933 bits per heavy atom. The number of nitrogens with one attached hydrogen (secondary N) is 1. The number of rotatable bonds is 13. The summed E-state index contributed by atoms with van der Waals surface area (Å²) < 4.78 is 6.27. The van der Waals surface area contributed by atoms with Gasteiger partial charge in [0.25, 0.3) is 11.8 Å². The normalized spacial score (nSPS) is 17.3. The molecule has 0 saturated heterocycles. The maximum Gasteiger partial charge on any atom is 0.261 e. The second kappa shape index (κ2) is 12.4. The van der Waals surface area contributed by atoms with Crippen LogP contribution < -0.4 is 10.1 Å². The molecule has 1 aliphatic heterocycles. The number of halogens is 1. The summed E-state index contributed by atoms with van der Waals surface area (Å²) in [6, 6.07) is 23.8. The number of hydrogen-bond acceptors (Lipinski definition) is 5. The first-order valence-electron chi connectivity index (χ1n) is 16.1.